The number of nitrogens with two attached hydrogens (primary N) is 1. The number of aryl methyl sites for hydroxylation is 1. The fraction of sp³-hybridized carbons (Fsp3) is 0.478. The Kier molecular flexibility index (Phi) is 5.34. The first-order valence-corrected chi connectivity index (χ1v) is 9.08. The summed E-state index contributed by atoms with van der Waals surface area (Å²) >= 11 is 0. The summed E-state index contributed by atoms with van der Waals surface area (Å²) < 4.78 is 0. The average molecular weight is 340 g/mol. The molecule has 0 amide bonds. The lowest BCUT2D eigenvalue weighted by molar-refractivity contribution is 0.422. The number of hydrogen-bond acceptors (Lipinski definition) is 2. The van der Waals surface area contributed by atoms with Crippen LogP contribution in [-0.4, -0.2) is 5.11 Å². The van der Waals surface area contributed by atoms with Gasteiger partial charge in [-0.05, 0) is 58.6 Å². The molecule has 0 radical (unpaired) electrons. The maximum Gasteiger partial charge on any atom is 0.123 e. The standard InChI is InChI=1S/C23H33NO/c1-15-9-8-10-16(11-15)12-20(24)17-13-18(22(2,3)4)21(25)19(14-17)23(5,6)7/h8-11,13-14,20,25H,12,24H2,1-7H3. The summed E-state index contributed by atoms with van der Waals surface area (Å²) in [7, 11) is 0. The summed E-state index contributed by atoms with van der Waals surface area (Å²) in [5, 5.41) is 10.9. The van der Waals surface area contributed by atoms with Crippen molar-refractivity contribution in [2.24, 2.45) is 5.73 Å². The third-order valence-corrected chi connectivity index (χ3v) is 4.71. The summed E-state index contributed by atoms with van der Waals surface area (Å²) in [4.78, 5) is 0. The third kappa shape index (κ3) is 4.64. The zero-order valence-electron chi connectivity index (χ0n) is 16.8. The molecule has 136 valence electrons. The molecule has 0 spiro atoms. The topological polar surface area (TPSA) is 46.2 Å². The van der Waals surface area contributed by atoms with E-state index >= 15 is 0 Å². The maximum atomic E-state index is 10.9. The van der Waals surface area contributed by atoms with E-state index in [1.807, 2.05) is 0 Å². The van der Waals surface area contributed by atoms with Gasteiger partial charge in [0.25, 0.3) is 0 Å². The molecule has 0 heterocycles. The fourth-order valence-corrected chi connectivity index (χ4v) is 3.23. The molecular formula is C23H33NO. The molecule has 0 bridgehead atoms. The molecule has 0 aromatic heterocycles. The van der Waals surface area contributed by atoms with E-state index in [0.717, 1.165) is 23.1 Å². The van der Waals surface area contributed by atoms with Gasteiger partial charge >= 0.3 is 0 Å². The minimum atomic E-state index is -0.136. The Labute approximate surface area is 153 Å². The molecule has 1 atom stereocenters. The number of phenols is 1. The highest BCUT2D eigenvalue weighted by Gasteiger charge is 2.27. The molecule has 3 N–H and O–H groups in total. The Balaban J connectivity index is 2.49. The second-order valence-corrected chi connectivity index (χ2v) is 9.26. The number of benzene rings is 2. The van der Waals surface area contributed by atoms with Crippen molar-refractivity contribution in [2.45, 2.75) is 71.8 Å². The van der Waals surface area contributed by atoms with Crippen molar-refractivity contribution in [3.05, 3.63) is 64.2 Å². The highest BCUT2D eigenvalue weighted by molar-refractivity contribution is 5.50. The van der Waals surface area contributed by atoms with Crippen LogP contribution in [0.2, 0.25) is 0 Å². The van der Waals surface area contributed by atoms with Crippen molar-refractivity contribution >= 4 is 0 Å². The smallest absolute Gasteiger partial charge is 0.123 e. The van der Waals surface area contributed by atoms with Gasteiger partial charge in [0.1, 0.15) is 5.75 Å². The minimum Gasteiger partial charge on any atom is -0.507 e. The van der Waals surface area contributed by atoms with Crippen LogP contribution in [0.4, 0.5) is 0 Å². The van der Waals surface area contributed by atoms with Crippen LogP contribution in [0.1, 0.15) is 75.4 Å². The van der Waals surface area contributed by atoms with Crippen molar-refractivity contribution in [1.29, 1.82) is 0 Å². The summed E-state index contributed by atoms with van der Waals surface area (Å²) in [5.41, 5.74) is 11.8. The van der Waals surface area contributed by atoms with E-state index in [-0.39, 0.29) is 16.9 Å². The zero-order valence-corrected chi connectivity index (χ0v) is 16.8. The van der Waals surface area contributed by atoms with E-state index in [4.69, 9.17) is 5.73 Å². The largest absolute Gasteiger partial charge is 0.507 e. The molecule has 0 saturated heterocycles. The summed E-state index contributed by atoms with van der Waals surface area (Å²) in [6.07, 6.45) is 0.791. The van der Waals surface area contributed by atoms with Crippen LogP contribution in [0, 0.1) is 6.92 Å². The molecule has 2 aromatic carbocycles. The Morgan fingerprint density at radius 2 is 1.44 bits per heavy atom. The van der Waals surface area contributed by atoms with Gasteiger partial charge in [0.05, 0.1) is 0 Å². The molecule has 2 aromatic rings. The number of phenolic OH excluding ortho intramolecular Hbond substituents is 1. The first-order chi connectivity index (χ1) is 11.4. The highest BCUT2D eigenvalue weighted by Crippen LogP contribution is 2.40. The van der Waals surface area contributed by atoms with Crippen molar-refractivity contribution < 1.29 is 5.11 Å². The van der Waals surface area contributed by atoms with Gasteiger partial charge in [-0.25, -0.2) is 0 Å². The van der Waals surface area contributed by atoms with Crippen molar-refractivity contribution in [2.75, 3.05) is 0 Å². The lowest BCUT2D eigenvalue weighted by Gasteiger charge is -2.29. The number of rotatable bonds is 3. The third-order valence-electron chi connectivity index (χ3n) is 4.71. The minimum absolute atomic E-state index is 0.0930. The molecule has 2 heteroatoms. The zero-order chi connectivity index (χ0) is 19.0. The van der Waals surface area contributed by atoms with E-state index in [2.05, 4.69) is 84.9 Å². The van der Waals surface area contributed by atoms with Gasteiger partial charge in [-0.3, -0.25) is 0 Å². The van der Waals surface area contributed by atoms with Crippen LogP contribution in [-0.2, 0) is 17.3 Å². The van der Waals surface area contributed by atoms with E-state index < -0.39 is 0 Å². The van der Waals surface area contributed by atoms with Crippen molar-refractivity contribution in [3.63, 3.8) is 0 Å². The van der Waals surface area contributed by atoms with Gasteiger partial charge in [0.2, 0.25) is 0 Å². The molecule has 2 rings (SSSR count). The van der Waals surface area contributed by atoms with Crippen LogP contribution in [0.3, 0.4) is 0 Å². The molecule has 1 unspecified atom stereocenters. The Bertz CT molecular complexity index is 712. The first-order valence-electron chi connectivity index (χ1n) is 9.08. The summed E-state index contributed by atoms with van der Waals surface area (Å²) in [6, 6.07) is 12.6. The quantitative estimate of drug-likeness (QED) is 0.771. The lowest BCUT2D eigenvalue weighted by Crippen LogP contribution is -2.21. The first kappa shape index (κ1) is 19.5. The van der Waals surface area contributed by atoms with Crippen molar-refractivity contribution in [3.8, 4) is 5.75 Å². The van der Waals surface area contributed by atoms with Crippen molar-refractivity contribution in [1.82, 2.24) is 0 Å². The molecular weight excluding hydrogens is 306 g/mol. The van der Waals surface area contributed by atoms with Crippen LogP contribution in [0.15, 0.2) is 36.4 Å². The molecule has 0 aliphatic heterocycles. The number of hydrogen-bond donors (Lipinski definition) is 2. The molecule has 2 nitrogen and oxygen atoms in total. The SMILES string of the molecule is Cc1cccc(CC(N)c2cc(C(C)(C)C)c(O)c(C(C)(C)C)c2)c1. The summed E-state index contributed by atoms with van der Waals surface area (Å²) in [6.45, 7) is 14.9. The molecule has 25 heavy (non-hydrogen) atoms. The van der Waals surface area contributed by atoms with E-state index in [9.17, 15) is 5.11 Å². The Hall–Kier alpha value is -1.80. The van der Waals surface area contributed by atoms with Crippen LogP contribution in [0.5, 0.6) is 5.75 Å². The second kappa shape index (κ2) is 6.84. The predicted molar refractivity (Wildman–Crippen MR) is 107 cm³/mol. The van der Waals surface area contributed by atoms with Crippen LogP contribution >= 0.6 is 0 Å². The number of aromatic hydroxyl groups is 1. The van der Waals surface area contributed by atoms with Gasteiger partial charge < -0.3 is 10.8 Å². The second-order valence-electron chi connectivity index (χ2n) is 9.26. The van der Waals surface area contributed by atoms with Gasteiger partial charge in [-0.2, -0.15) is 0 Å². The molecule has 0 aliphatic carbocycles. The van der Waals surface area contributed by atoms with Gasteiger partial charge in [0.15, 0.2) is 0 Å². The fourth-order valence-electron chi connectivity index (χ4n) is 3.23. The van der Waals surface area contributed by atoms with E-state index in [0.29, 0.717) is 5.75 Å². The van der Waals surface area contributed by atoms with E-state index in [1.165, 1.54) is 11.1 Å². The Morgan fingerprint density at radius 1 is 0.920 bits per heavy atom. The van der Waals surface area contributed by atoms with Gasteiger partial charge in [0, 0.05) is 6.04 Å². The van der Waals surface area contributed by atoms with Gasteiger partial charge in [-0.1, -0.05) is 71.4 Å². The monoisotopic (exact) mass is 339 g/mol. The normalized spacial score (nSPS) is 13.8. The lowest BCUT2D eigenvalue weighted by atomic mass is 9.77. The Morgan fingerprint density at radius 3 is 1.88 bits per heavy atom. The van der Waals surface area contributed by atoms with Gasteiger partial charge in [-0.15, -0.1) is 0 Å². The molecule has 0 fully saturated rings. The van der Waals surface area contributed by atoms with Crippen LogP contribution in [0.25, 0.3) is 0 Å². The summed E-state index contributed by atoms with van der Waals surface area (Å²) in [5.74, 6) is 0.409. The molecule has 0 saturated carbocycles. The molecule has 0 aliphatic rings. The van der Waals surface area contributed by atoms with Crippen LogP contribution < -0.4 is 5.73 Å². The average Bonchev–Trinajstić information content (AvgIpc) is 2.44. The maximum absolute atomic E-state index is 10.9. The highest BCUT2D eigenvalue weighted by atomic mass is 16.3. The predicted octanol–water partition coefficient (Wildman–Crippen LogP) is 5.54. The van der Waals surface area contributed by atoms with E-state index in [1.54, 1.807) is 0 Å².